The van der Waals surface area contributed by atoms with Crippen LogP contribution in [0.25, 0.3) is 0 Å². The van der Waals surface area contributed by atoms with Gasteiger partial charge in [0.1, 0.15) is 0 Å². The molecule has 0 spiro atoms. The van der Waals surface area contributed by atoms with E-state index in [1.165, 1.54) is 0 Å². The Labute approximate surface area is 90.8 Å². The molecular formula is C10H20ClNO2. The van der Waals surface area contributed by atoms with E-state index in [1.54, 1.807) is 6.92 Å². The van der Waals surface area contributed by atoms with Crippen LogP contribution in [-0.2, 0) is 4.79 Å². The van der Waals surface area contributed by atoms with Crippen LogP contribution < -0.4 is 5.32 Å². The SMILES string of the molecule is CCC(C)(CCO)NC(=O)C(C)CCl. The highest BCUT2D eigenvalue weighted by molar-refractivity contribution is 6.19. The molecule has 0 aromatic rings. The van der Waals surface area contributed by atoms with Gasteiger partial charge in [0.05, 0.1) is 0 Å². The molecule has 0 saturated carbocycles. The first-order valence-corrected chi connectivity index (χ1v) is 5.51. The fourth-order valence-corrected chi connectivity index (χ4v) is 1.21. The monoisotopic (exact) mass is 221 g/mol. The molecule has 1 amide bonds. The molecule has 14 heavy (non-hydrogen) atoms. The smallest absolute Gasteiger partial charge is 0.224 e. The third-order valence-electron chi connectivity index (χ3n) is 2.55. The summed E-state index contributed by atoms with van der Waals surface area (Å²) in [4.78, 5) is 11.5. The highest BCUT2D eigenvalue weighted by Crippen LogP contribution is 2.14. The summed E-state index contributed by atoms with van der Waals surface area (Å²) >= 11 is 5.59. The fourth-order valence-electron chi connectivity index (χ4n) is 1.07. The fraction of sp³-hybridized carbons (Fsp3) is 0.900. The average molecular weight is 222 g/mol. The van der Waals surface area contributed by atoms with Gasteiger partial charge in [0.25, 0.3) is 0 Å². The first kappa shape index (κ1) is 13.7. The maximum absolute atomic E-state index is 11.5. The topological polar surface area (TPSA) is 49.3 Å². The molecule has 0 bridgehead atoms. The Bertz CT molecular complexity index is 187. The van der Waals surface area contributed by atoms with Crippen LogP contribution in [0.3, 0.4) is 0 Å². The molecule has 2 unspecified atom stereocenters. The summed E-state index contributed by atoms with van der Waals surface area (Å²) in [5.74, 6) is 0.101. The minimum absolute atomic E-state index is 0.0437. The van der Waals surface area contributed by atoms with E-state index in [9.17, 15) is 4.79 Å². The van der Waals surface area contributed by atoms with Gasteiger partial charge in [0.15, 0.2) is 0 Å². The molecular weight excluding hydrogens is 202 g/mol. The van der Waals surface area contributed by atoms with Crippen molar-refractivity contribution in [2.45, 2.75) is 39.2 Å². The number of rotatable bonds is 6. The second-order valence-electron chi connectivity index (χ2n) is 3.93. The minimum atomic E-state index is -0.313. The second kappa shape index (κ2) is 6.25. The molecule has 0 rings (SSSR count). The third-order valence-corrected chi connectivity index (χ3v) is 3.01. The summed E-state index contributed by atoms with van der Waals surface area (Å²) in [6.45, 7) is 5.79. The molecule has 0 aliphatic rings. The predicted octanol–water partition coefficient (Wildman–Crippen LogP) is 1.53. The maximum Gasteiger partial charge on any atom is 0.224 e. The standard InChI is InChI=1S/C10H20ClNO2/c1-4-10(3,5-6-13)12-9(14)8(2)7-11/h8,13H,4-7H2,1-3H3,(H,12,14). The summed E-state index contributed by atoms with van der Waals surface area (Å²) in [5, 5.41) is 11.8. The van der Waals surface area contributed by atoms with Crippen LogP contribution in [0.4, 0.5) is 0 Å². The zero-order valence-electron chi connectivity index (χ0n) is 9.14. The number of carbonyl (C=O) groups excluding carboxylic acids is 1. The Morgan fingerprint density at radius 2 is 2.21 bits per heavy atom. The molecule has 0 aliphatic carbocycles. The number of aliphatic hydroxyl groups is 1. The van der Waals surface area contributed by atoms with E-state index in [2.05, 4.69) is 5.32 Å². The molecule has 0 aromatic carbocycles. The second-order valence-corrected chi connectivity index (χ2v) is 4.24. The quantitative estimate of drug-likeness (QED) is 0.669. The molecule has 2 N–H and O–H groups in total. The van der Waals surface area contributed by atoms with Crippen molar-refractivity contribution in [2.24, 2.45) is 5.92 Å². The van der Waals surface area contributed by atoms with Crippen molar-refractivity contribution in [1.29, 1.82) is 0 Å². The van der Waals surface area contributed by atoms with Crippen LogP contribution in [0.2, 0.25) is 0 Å². The summed E-state index contributed by atoms with van der Waals surface area (Å²) in [7, 11) is 0. The van der Waals surface area contributed by atoms with E-state index >= 15 is 0 Å². The number of nitrogens with one attached hydrogen (secondary N) is 1. The number of amides is 1. The molecule has 84 valence electrons. The van der Waals surface area contributed by atoms with Crippen molar-refractivity contribution in [1.82, 2.24) is 5.32 Å². The van der Waals surface area contributed by atoms with Gasteiger partial charge in [0.2, 0.25) is 5.91 Å². The van der Waals surface area contributed by atoms with Crippen molar-refractivity contribution in [3.05, 3.63) is 0 Å². The first-order chi connectivity index (χ1) is 6.49. The molecule has 2 atom stereocenters. The number of carbonyl (C=O) groups is 1. The van der Waals surface area contributed by atoms with E-state index in [0.29, 0.717) is 12.3 Å². The summed E-state index contributed by atoms with van der Waals surface area (Å²) in [5.41, 5.74) is -0.313. The highest BCUT2D eigenvalue weighted by Gasteiger charge is 2.25. The Morgan fingerprint density at radius 1 is 1.64 bits per heavy atom. The molecule has 4 heteroatoms. The normalized spacial score (nSPS) is 17.2. The van der Waals surface area contributed by atoms with Crippen molar-refractivity contribution in [3.8, 4) is 0 Å². The molecule has 0 aromatic heterocycles. The lowest BCUT2D eigenvalue weighted by Gasteiger charge is -2.30. The van der Waals surface area contributed by atoms with Gasteiger partial charge in [-0.25, -0.2) is 0 Å². The van der Waals surface area contributed by atoms with Gasteiger partial charge < -0.3 is 10.4 Å². The van der Waals surface area contributed by atoms with E-state index in [4.69, 9.17) is 16.7 Å². The Balaban J connectivity index is 4.23. The van der Waals surface area contributed by atoms with Crippen molar-refractivity contribution in [2.75, 3.05) is 12.5 Å². The molecule has 0 saturated heterocycles. The largest absolute Gasteiger partial charge is 0.396 e. The number of aliphatic hydroxyl groups excluding tert-OH is 1. The summed E-state index contributed by atoms with van der Waals surface area (Å²) in [6.07, 6.45) is 1.37. The minimum Gasteiger partial charge on any atom is -0.396 e. The van der Waals surface area contributed by atoms with E-state index < -0.39 is 0 Å². The maximum atomic E-state index is 11.5. The zero-order chi connectivity index (χ0) is 11.2. The van der Waals surface area contributed by atoms with Crippen LogP contribution in [0, 0.1) is 5.92 Å². The van der Waals surface area contributed by atoms with Gasteiger partial charge in [-0.2, -0.15) is 0 Å². The molecule has 0 aliphatic heterocycles. The first-order valence-electron chi connectivity index (χ1n) is 4.98. The number of halogens is 1. The van der Waals surface area contributed by atoms with Crippen LogP contribution >= 0.6 is 11.6 Å². The number of hydrogen-bond donors (Lipinski definition) is 2. The molecule has 3 nitrogen and oxygen atoms in total. The van der Waals surface area contributed by atoms with Crippen LogP contribution in [0.15, 0.2) is 0 Å². The summed E-state index contributed by atoms with van der Waals surface area (Å²) < 4.78 is 0. The Morgan fingerprint density at radius 3 is 2.57 bits per heavy atom. The third kappa shape index (κ3) is 4.29. The van der Waals surface area contributed by atoms with Gasteiger partial charge in [-0.1, -0.05) is 13.8 Å². The average Bonchev–Trinajstić information content (AvgIpc) is 2.16. The van der Waals surface area contributed by atoms with E-state index in [0.717, 1.165) is 6.42 Å². The lowest BCUT2D eigenvalue weighted by Crippen LogP contribution is -2.48. The highest BCUT2D eigenvalue weighted by atomic mass is 35.5. The Kier molecular flexibility index (Phi) is 6.12. The van der Waals surface area contributed by atoms with Crippen molar-refractivity contribution >= 4 is 17.5 Å². The molecule has 0 heterocycles. The predicted molar refractivity (Wildman–Crippen MR) is 58.4 cm³/mol. The molecule has 0 radical (unpaired) electrons. The van der Waals surface area contributed by atoms with E-state index in [1.807, 2.05) is 13.8 Å². The van der Waals surface area contributed by atoms with Crippen LogP contribution in [0.5, 0.6) is 0 Å². The van der Waals surface area contributed by atoms with Crippen LogP contribution in [0.1, 0.15) is 33.6 Å². The van der Waals surface area contributed by atoms with Gasteiger partial charge in [-0.3, -0.25) is 4.79 Å². The van der Waals surface area contributed by atoms with E-state index in [-0.39, 0.29) is 24.0 Å². The zero-order valence-corrected chi connectivity index (χ0v) is 9.90. The van der Waals surface area contributed by atoms with Crippen molar-refractivity contribution < 1.29 is 9.90 Å². The number of alkyl halides is 1. The lowest BCUT2D eigenvalue weighted by molar-refractivity contribution is -0.125. The van der Waals surface area contributed by atoms with Gasteiger partial charge in [-0.15, -0.1) is 11.6 Å². The van der Waals surface area contributed by atoms with Gasteiger partial charge >= 0.3 is 0 Å². The number of hydrogen-bond acceptors (Lipinski definition) is 2. The van der Waals surface area contributed by atoms with Gasteiger partial charge in [-0.05, 0) is 19.8 Å². The Hall–Kier alpha value is -0.280. The molecule has 0 fully saturated rings. The van der Waals surface area contributed by atoms with Crippen molar-refractivity contribution in [3.63, 3.8) is 0 Å². The lowest BCUT2D eigenvalue weighted by atomic mass is 9.94. The van der Waals surface area contributed by atoms with Gasteiger partial charge in [0, 0.05) is 23.9 Å². The summed E-state index contributed by atoms with van der Waals surface area (Å²) in [6, 6.07) is 0. The van der Waals surface area contributed by atoms with Crippen LogP contribution in [-0.4, -0.2) is 29.0 Å².